The zero-order valence-corrected chi connectivity index (χ0v) is 27.2. The van der Waals surface area contributed by atoms with Crippen molar-refractivity contribution in [3.05, 3.63) is 164 Å². The van der Waals surface area contributed by atoms with Gasteiger partial charge in [-0.05, 0) is 66.7 Å². The standard InChI is InChI=1S/C44H27N7/c1-2-10-28(11-3-1)42-34-14-6-9-17-39(34)51-44(46-42)47-43(48-51)29-18-20-30(21-19-29)49-37-15-7-4-12-32(37)35-27-41-36(26-40(35)49)33-13-5-8-16-38(33)50(41)31-22-24-45-25-23-31/h1-27H. The van der Waals surface area contributed by atoms with Gasteiger partial charge in [0.05, 0.1) is 33.3 Å². The summed E-state index contributed by atoms with van der Waals surface area (Å²) in [5, 5.41) is 10.8. The zero-order valence-electron chi connectivity index (χ0n) is 27.2. The first kappa shape index (κ1) is 27.8. The SMILES string of the molecule is c1ccc(-c2nc3nc(-c4ccc(-n5c6ccccc6c6cc7c(cc65)c5ccccc5n7-c5ccncc5)cc4)nn3c3ccccc23)cc1. The van der Waals surface area contributed by atoms with E-state index in [0.29, 0.717) is 11.6 Å². The van der Waals surface area contributed by atoms with Crippen LogP contribution in [0.3, 0.4) is 0 Å². The van der Waals surface area contributed by atoms with Crippen LogP contribution in [0.2, 0.25) is 0 Å². The van der Waals surface area contributed by atoms with Gasteiger partial charge in [0.15, 0.2) is 5.82 Å². The molecule has 0 saturated carbocycles. The van der Waals surface area contributed by atoms with Crippen LogP contribution in [0.25, 0.3) is 94.3 Å². The second kappa shape index (κ2) is 10.7. The Morgan fingerprint density at radius 1 is 0.392 bits per heavy atom. The number of hydrogen-bond acceptors (Lipinski definition) is 4. The van der Waals surface area contributed by atoms with Crippen LogP contribution in [0, 0.1) is 0 Å². The van der Waals surface area contributed by atoms with Crippen LogP contribution in [0.15, 0.2) is 164 Å². The number of nitrogens with zero attached hydrogens (tertiary/aromatic N) is 7. The summed E-state index contributed by atoms with van der Waals surface area (Å²) in [6.45, 7) is 0. The molecule has 238 valence electrons. The van der Waals surface area contributed by atoms with E-state index in [9.17, 15) is 0 Å². The number of pyridine rings is 1. The lowest BCUT2D eigenvalue weighted by molar-refractivity contribution is 0.988. The summed E-state index contributed by atoms with van der Waals surface area (Å²) in [5.41, 5.74) is 10.7. The smallest absolute Gasteiger partial charge is 0.253 e. The molecule has 0 aliphatic carbocycles. The highest BCUT2D eigenvalue weighted by atomic mass is 15.3. The summed E-state index contributed by atoms with van der Waals surface area (Å²) < 4.78 is 6.56. The fourth-order valence-electron chi connectivity index (χ4n) is 7.73. The van der Waals surface area contributed by atoms with E-state index < -0.39 is 0 Å². The first-order valence-electron chi connectivity index (χ1n) is 17.0. The van der Waals surface area contributed by atoms with Crippen molar-refractivity contribution in [2.45, 2.75) is 0 Å². The van der Waals surface area contributed by atoms with Gasteiger partial charge >= 0.3 is 0 Å². The molecule has 0 aliphatic rings. The van der Waals surface area contributed by atoms with Crippen LogP contribution in [0.1, 0.15) is 0 Å². The molecule has 11 rings (SSSR count). The second-order valence-electron chi connectivity index (χ2n) is 12.8. The molecule has 5 aromatic heterocycles. The van der Waals surface area contributed by atoms with Crippen LogP contribution < -0.4 is 0 Å². The van der Waals surface area contributed by atoms with Gasteiger partial charge in [0.1, 0.15) is 0 Å². The molecular weight excluding hydrogens is 627 g/mol. The minimum Gasteiger partial charge on any atom is -0.309 e. The van der Waals surface area contributed by atoms with Gasteiger partial charge in [-0.2, -0.15) is 9.50 Å². The van der Waals surface area contributed by atoms with Crippen LogP contribution in [-0.2, 0) is 0 Å². The van der Waals surface area contributed by atoms with Gasteiger partial charge < -0.3 is 9.13 Å². The summed E-state index contributed by atoms with van der Waals surface area (Å²) in [4.78, 5) is 14.2. The summed E-state index contributed by atoms with van der Waals surface area (Å²) in [5.74, 6) is 1.21. The summed E-state index contributed by atoms with van der Waals surface area (Å²) >= 11 is 0. The monoisotopic (exact) mass is 653 g/mol. The third-order valence-electron chi connectivity index (χ3n) is 10.0. The Morgan fingerprint density at radius 2 is 0.941 bits per heavy atom. The van der Waals surface area contributed by atoms with Gasteiger partial charge in [0.25, 0.3) is 5.78 Å². The molecule has 0 bridgehead atoms. The number of aromatic nitrogens is 7. The molecule has 0 unspecified atom stereocenters. The molecule has 0 saturated heterocycles. The van der Waals surface area contributed by atoms with Gasteiger partial charge in [-0.15, -0.1) is 5.10 Å². The molecule has 0 fully saturated rings. The molecule has 0 amide bonds. The number of para-hydroxylation sites is 3. The molecule has 0 radical (unpaired) electrons. The molecule has 6 aromatic carbocycles. The van der Waals surface area contributed by atoms with Crippen molar-refractivity contribution in [3.63, 3.8) is 0 Å². The Kier molecular flexibility index (Phi) is 5.83. The maximum absolute atomic E-state index is 4.99. The first-order chi connectivity index (χ1) is 25.3. The molecule has 5 heterocycles. The van der Waals surface area contributed by atoms with Crippen molar-refractivity contribution >= 4 is 60.3 Å². The van der Waals surface area contributed by atoms with Crippen molar-refractivity contribution < 1.29 is 0 Å². The topological polar surface area (TPSA) is 65.8 Å². The highest BCUT2D eigenvalue weighted by molar-refractivity contribution is 6.19. The lowest BCUT2D eigenvalue weighted by Gasteiger charge is -2.09. The highest BCUT2D eigenvalue weighted by Crippen LogP contribution is 2.39. The average molecular weight is 654 g/mol. The van der Waals surface area contributed by atoms with Crippen molar-refractivity contribution in [3.8, 4) is 34.0 Å². The Hall–Kier alpha value is -7.12. The lowest BCUT2D eigenvalue weighted by atomic mass is 10.1. The lowest BCUT2D eigenvalue weighted by Crippen LogP contribution is -1.97. The Balaban J connectivity index is 1.08. The van der Waals surface area contributed by atoms with Crippen LogP contribution in [0.4, 0.5) is 0 Å². The van der Waals surface area contributed by atoms with E-state index in [-0.39, 0.29) is 0 Å². The normalized spacial score (nSPS) is 11.9. The van der Waals surface area contributed by atoms with E-state index in [2.05, 4.69) is 135 Å². The number of hydrogen-bond donors (Lipinski definition) is 0. The van der Waals surface area contributed by atoms with Crippen molar-refractivity contribution in [2.24, 2.45) is 0 Å². The molecule has 0 aliphatic heterocycles. The van der Waals surface area contributed by atoms with Crippen LogP contribution in [0.5, 0.6) is 0 Å². The van der Waals surface area contributed by atoms with Gasteiger partial charge in [-0.1, -0.05) is 84.9 Å². The van der Waals surface area contributed by atoms with Crippen LogP contribution >= 0.6 is 0 Å². The van der Waals surface area contributed by atoms with Gasteiger partial charge in [0, 0.05) is 61.8 Å². The highest BCUT2D eigenvalue weighted by Gasteiger charge is 2.19. The number of benzene rings is 6. The molecule has 0 spiro atoms. The third-order valence-corrected chi connectivity index (χ3v) is 10.0. The Morgan fingerprint density at radius 3 is 1.59 bits per heavy atom. The third kappa shape index (κ3) is 4.12. The van der Waals surface area contributed by atoms with Gasteiger partial charge in [-0.25, -0.2) is 4.98 Å². The first-order valence-corrected chi connectivity index (χ1v) is 17.0. The van der Waals surface area contributed by atoms with Crippen molar-refractivity contribution in [1.82, 2.24) is 33.7 Å². The quantitative estimate of drug-likeness (QED) is 0.190. The van der Waals surface area contributed by atoms with Gasteiger partial charge in [-0.3, -0.25) is 4.98 Å². The molecule has 0 atom stereocenters. The fourth-order valence-corrected chi connectivity index (χ4v) is 7.73. The molecule has 7 heteroatoms. The summed E-state index contributed by atoms with van der Waals surface area (Å²) in [6, 6.07) is 53.2. The predicted octanol–water partition coefficient (Wildman–Crippen LogP) is 10.2. The van der Waals surface area contributed by atoms with Gasteiger partial charge in [0.2, 0.25) is 0 Å². The maximum atomic E-state index is 4.99. The minimum atomic E-state index is 0.573. The van der Waals surface area contributed by atoms with E-state index in [1.807, 2.05) is 47.2 Å². The average Bonchev–Trinajstić information content (AvgIpc) is 3.88. The molecule has 51 heavy (non-hydrogen) atoms. The zero-order chi connectivity index (χ0) is 33.5. The van der Waals surface area contributed by atoms with E-state index in [4.69, 9.17) is 15.1 Å². The number of rotatable bonds is 4. The van der Waals surface area contributed by atoms with E-state index in [1.54, 1.807) is 0 Å². The Bertz CT molecular complexity index is 3120. The summed E-state index contributed by atoms with van der Waals surface area (Å²) in [6.07, 6.45) is 3.71. The predicted molar refractivity (Wildman–Crippen MR) is 206 cm³/mol. The fraction of sp³-hybridized carbons (Fsp3) is 0. The Labute approximate surface area is 291 Å². The largest absolute Gasteiger partial charge is 0.309 e. The summed E-state index contributed by atoms with van der Waals surface area (Å²) in [7, 11) is 0. The van der Waals surface area contributed by atoms with E-state index in [1.165, 1.54) is 32.6 Å². The number of fused-ring (bicyclic) bond motifs is 9. The van der Waals surface area contributed by atoms with Crippen molar-refractivity contribution in [1.29, 1.82) is 0 Å². The maximum Gasteiger partial charge on any atom is 0.253 e. The van der Waals surface area contributed by atoms with E-state index in [0.717, 1.165) is 50.1 Å². The second-order valence-corrected chi connectivity index (χ2v) is 12.8. The molecule has 11 aromatic rings. The molecular formula is C44H27N7. The van der Waals surface area contributed by atoms with Crippen molar-refractivity contribution in [2.75, 3.05) is 0 Å². The minimum absolute atomic E-state index is 0.573. The molecule has 0 N–H and O–H groups in total. The van der Waals surface area contributed by atoms with E-state index >= 15 is 0 Å². The molecule has 7 nitrogen and oxygen atoms in total. The van der Waals surface area contributed by atoms with Crippen LogP contribution in [-0.4, -0.2) is 33.7 Å².